The fraction of sp³-hybridized carbons (Fsp3) is 0.462. The largest absolute Gasteiger partial charge is 0.326 e. The molecule has 0 aromatic heterocycles. The number of anilines is 1. The number of sulfonamides is 1. The summed E-state index contributed by atoms with van der Waals surface area (Å²) in [5.41, 5.74) is 0.229. The van der Waals surface area contributed by atoms with Gasteiger partial charge in [-0.05, 0) is 25.1 Å². The summed E-state index contributed by atoms with van der Waals surface area (Å²) in [6.07, 6.45) is 0. The lowest BCUT2D eigenvalue weighted by Crippen LogP contribution is -2.52. The van der Waals surface area contributed by atoms with Crippen molar-refractivity contribution in [3.05, 3.63) is 24.0 Å². The minimum Gasteiger partial charge on any atom is -0.326 e. The van der Waals surface area contributed by atoms with E-state index in [1.807, 2.05) is 0 Å². The van der Waals surface area contributed by atoms with Crippen molar-refractivity contribution >= 4 is 21.6 Å². The molecule has 1 aliphatic rings. The van der Waals surface area contributed by atoms with Crippen LogP contribution in [0.1, 0.15) is 13.8 Å². The van der Waals surface area contributed by atoms with Crippen LogP contribution in [0.5, 0.6) is 0 Å². The van der Waals surface area contributed by atoms with Gasteiger partial charge in [-0.1, -0.05) is 0 Å². The van der Waals surface area contributed by atoms with E-state index in [9.17, 15) is 17.6 Å². The van der Waals surface area contributed by atoms with Crippen LogP contribution < -0.4 is 10.6 Å². The number of piperazine rings is 1. The molecule has 0 aliphatic carbocycles. The number of rotatable bonds is 3. The summed E-state index contributed by atoms with van der Waals surface area (Å²) in [5.74, 6) is -1.22. The third-order valence-electron chi connectivity index (χ3n) is 3.28. The summed E-state index contributed by atoms with van der Waals surface area (Å²) >= 11 is 0. The number of nitrogens with one attached hydrogen (secondary N) is 2. The number of hydrogen-bond acceptors (Lipinski definition) is 4. The first-order valence-electron chi connectivity index (χ1n) is 6.62. The zero-order valence-electron chi connectivity index (χ0n) is 11.9. The second-order valence-electron chi connectivity index (χ2n) is 5.00. The van der Waals surface area contributed by atoms with Crippen LogP contribution in [0.15, 0.2) is 23.1 Å². The molecule has 1 amide bonds. The maximum absolute atomic E-state index is 14.1. The van der Waals surface area contributed by atoms with Crippen molar-refractivity contribution in [3.63, 3.8) is 0 Å². The number of hydrogen-bond donors (Lipinski definition) is 2. The summed E-state index contributed by atoms with van der Waals surface area (Å²) in [5, 5.41) is 5.50. The van der Waals surface area contributed by atoms with Crippen molar-refractivity contribution < 1.29 is 17.6 Å². The van der Waals surface area contributed by atoms with Crippen LogP contribution in [0.4, 0.5) is 10.1 Å². The Morgan fingerprint density at radius 1 is 1.48 bits per heavy atom. The topological polar surface area (TPSA) is 78.5 Å². The van der Waals surface area contributed by atoms with Gasteiger partial charge in [-0.2, -0.15) is 4.31 Å². The molecule has 2 rings (SSSR count). The van der Waals surface area contributed by atoms with Gasteiger partial charge in [0.2, 0.25) is 15.9 Å². The molecular formula is C13H18FN3O3S. The van der Waals surface area contributed by atoms with Gasteiger partial charge >= 0.3 is 0 Å². The lowest BCUT2D eigenvalue weighted by atomic mass is 10.3. The summed E-state index contributed by atoms with van der Waals surface area (Å²) in [6.45, 7) is 4.44. The number of carbonyl (C=O) groups is 1. The van der Waals surface area contributed by atoms with Crippen LogP contribution in [0.25, 0.3) is 0 Å². The van der Waals surface area contributed by atoms with Crippen LogP contribution in [-0.2, 0) is 14.8 Å². The SMILES string of the molecule is CC(=O)Nc1ccc(S(=O)(=O)N2CCNC[C@H]2C)c(F)c1. The van der Waals surface area contributed by atoms with Crippen LogP contribution in [0, 0.1) is 5.82 Å². The molecule has 1 aromatic rings. The van der Waals surface area contributed by atoms with Crippen molar-refractivity contribution in [2.75, 3.05) is 25.0 Å². The van der Waals surface area contributed by atoms with E-state index in [4.69, 9.17) is 0 Å². The third kappa shape index (κ3) is 3.39. The number of halogens is 1. The van der Waals surface area contributed by atoms with Gasteiger partial charge in [-0.15, -0.1) is 0 Å². The maximum Gasteiger partial charge on any atom is 0.246 e. The molecule has 1 atom stereocenters. The zero-order chi connectivity index (χ0) is 15.6. The normalized spacial score (nSPS) is 20.2. The molecule has 0 saturated carbocycles. The van der Waals surface area contributed by atoms with Gasteiger partial charge in [-0.3, -0.25) is 4.79 Å². The quantitative estimate of drug-likeness (QED) is 0.863. The van der Waals surface area contributed by atoms with Crippen molar-refractivity contribution in [1.29, 1.82) is 0 Å². The highest BCUT2D eigenvalue weighted by Crippen LogP contribution is 2.24. The monoisotopic (exact) mass is 315 g/mol. The van der Waals surface area contributed by atoms with Gasteiger partial charge in [0.15, 0.2) is 0 Å². The molecule has 2 N–H and O–H groups in total. The smallest absolute Gasteiger partial charge is 0.246 e. The Kier molecular flexibility index (Phi) is 4.60. The van der Waals surface area contributed by atoms with E-state index in [1.54, 1.807) is 6.92 Å². The average Bonchev–Trinajstić information content (AvgIpc) is 2.37. The molecule has 0 radical (unpaired) electrons. The Balaban J connectivity index is 2.34. The molecule has 0 unspecified atom stereocenters. The molecule has 6 nitrogen and oxygen atoms in total. The number of benzene rings is 1. The molecular weight excluding hydrogens is 297 g/mol. The lowest BCUT2D eigenvalue weighted by molar-refractivity contribution is -0.114. The first-order chi connectivity index (χ1) is 9.82. The molecule has 1 saturated heterocycles. The molecule has 1 aromatic carbocycles. The summed E-state index contributed by atoms with van der Waals surface area (Å²) in [4.78, 5) is 10.6. The molecule has 1 aliphatic heterocycles. The van der Waals surface area contributed by atoms with E-state index in [1.165, 1.54) is 23.4 Å². The Morgan fingerprint density at radius 2 is 2.19 bits per heavy atom. The third-order valence-corrected chi connectivity index (χ3v) is 5.33. The van der Waals surface area contributed by atoms with Crippen LogP contribution in [-0.4, -0.2) is 44.3 Å². The predicted octanol–water partition coefficient (Wildman–Crippen LogP) is 0.766. The maximum atomic E-state index is 14.1. The van der Waals surface area contributed by atoms with Crippen molar-refractivity contribution in [2.24, 2.45) is 0 Å². The van der Waals surface area contributed by atoms with Crippen molar-refractivity contribution in [1.82, 2.24) is 9.62 Å². The van der Waals surface area contributed by atoms with E-state index < -0.39 is 15.8 Å². The molecule has 21 heavy (non-hydrogen) atoms. The highest BCUT2D eigenvalue weighted by molar-refractivity contribution is 7.89. The van der Waals surface area contributed by atoms with Gasteiger partial charge in [-0.25, -0.2) is 12.8 Å². The van der Waals surface area contributed by atoms with E-state index in [0.29, 0.717) is 19.6 Å². The van der Waals surface area contributed by atoms with Crippen molar-refractivity contribution in [3.8, 4) is 0 Å². The predicted molar refractivity (Wildman–Crippen MR) is 76.9 cm³/mol. The molecule has 116 valence electrons. The Hall–Kier alpha value is -1.51. The first-order valence-corrected chi connectivity index (χ1v) is 8.06. The van der Waals surface area contributed by atoms with Gasteiger partial charge in [0.1, 0.15) is 10.7 Å². The number of nitrogens with zero attached hydrogens (tertiary/aromatic N) is 1. The highest BCUT2D eigenvalue weighted by Gasteiger charge is 2.32. The average molecular weight is 315 g/mol. The van der Waals surface area contributed by atoms with E-state index in [2.05, 4.69) is 10.6 Å². The highest BCUT2D eigenvalue weighted by atomic mass is 32.2. The fourth-order valence-electron chi connectivity index (χ4n) is 2.30. The summed E-state index contributed by atoms with van der Waals surface area (Å²) in [6, 6.07) is 3.34. The second kappa shape index (κ2) is 6.08. The number of amides is 1. The molecule has 1 fully saturated rings. The molecule has 0 spiro atoms. The minimum atomic E-state index is -3.88. The minimum absolute atomic E-state index is 0.229. The zero-order valence-corrected chi connectivity index (χ0v) is 12.7. The Bertz CT molecular complexity index is 648. The standard InChI is InChI=1S/C13H18FN3O3S/c1-9-8-15-5-6-17(9)21(19,20)13-4-3-11(7-12(13)14)16-10(2)18/h3-4,7,9,15H,5-6,8H2,1-2H3,(H,16,18)/t9-/m1/s1. The molecule has 8 heteroatoms. The summed E-state index contributed by atoms with van der Waals surface area (Å²) in [7, 11) is -3.88. The van der Waals surface area contributed by atoms with E-state index in [-0.39, 0.29) is 22.5 Å². The van der Waals surface area contributed by atoms with Gasteiger partial charge < -0.3 is 10.6 Å². The number of carbonyl (C=O) groups excluding carboxylic acids is 1. The van der Waals surface area contributed by atoms with Gasteiger partial charge in [0.05, 0.1) is 0 Å². The second-order valence-corrected chi connectivity index (χ2v) is 6.85. The summed E-state index contributed by atoms with van der Waals surface area (Å²) < 4.78 is 40.4. The van der Waals surface area contributed by atoms with Crippen LogP contribution in [0.2, 0.25) is 0 Å². The molecule has 1 heterocycles. The lowest BCUT2D eigenvalue weighted by Gasteiger charge is -2.32. The van der Waals surface area contributed by atoms with Crippen LogP contribution in [0.3, 0.4) is 0 Å². The van der Waals surface area contributed by atoms with Crippen LogP contribution >= 0.6 is 0 Å². The molecule has 0 bridgehead atoms. The van der Waals surface area contributed by atoms with E-state index >= 15 is 0 Å². The Labute approximate surface area is 123 Å². The first kappa shape index (κ1) is 15.9. The van der Waals surface area contributed by atoms with Crippen molar-refractivity contribution in [2.45, 2.75) is 24.8 Å². The fourth-order valence-corrected chi connectivity index (χ4v) is 3.97. The van der Waals surface area contributed by atoms with E-state index in [0.717, 1.165) is 6.07 Å². The van der Waals surface area contributed by atoms with Gasteiger partial charge in [0.25, 0.3) is 0 Å². The van der Waals surface area contributed by atoms with Gasteiger partial charge in [0, 0.05) is 38.3 Å². The Morgan fingerprint density at radius 3 is 2.76 bits per heavy atom.